The van der Waals surface area contributed by atoms with Crippen LogP contribution in [0.15, 0.2) is 48.8 Å². The molecule has 6 nitrogen and oxygen atoms in total. The highest BCUT2D eigenvalue weighted by Crippen LogP contribution is 2.38. The van der Waals surface area contributed by atoms with Crippen molar-refractivity contribution in [3.05, 3.63) is 71.6 Å². The van der Waals surface area contributed by atoms with Crippen LogP contribution in [0.1, 0.15) is 11.1 Å². The second-order valence-electron chi connectivity index (χ2n) is 8.13. The van der Waals surface area contributed by atoms with Crippen molar-refractivity contribution in [1.82, 2.24) is 19.8 Å². The summed E-state index contributed by atoms with van der Waals surface area (Å²) >= 11 is 0. The first-order chi connectivity index (χ1) is 15.3. The maximum absolute atomic E-state index is 14.2. The molecule has 2 N–H and O–H groups in total. The summed E-state index contributed by atoms with van der Waals surface area (Å²) in [5.41, 5.74) is 2.57. The van der Waals surface area contributed by atoms with Crippen molar-refractivity contribution in [2.75, 3.05) is 20.6 Å². The Morgan fingerprint density at radius 3 is 2.28 bits per heavy atom. The summed E-state index contributed by atoms with van der Waals surface area (Å²) < 4.78 is 30.1. The Morgan fingerprint density at radius 2 is 1.56 bits per heavy atom. The number of nitrogens with zero attached hydrogens (tertiary/aromatic N) is 2. The maximum atomic E-state index is 14.2. The summed E-state index contributed by atoms with van der Waals surface area (Å²) in [6, 6.07) is 8.62. The minimum Gasteiger partial charge on any atom is -0.361 e. The van der Waals surface area contributed by atoms with Crippen molar-refractivity contribution in [3.63, 3.8) is 0 Å². The van der Waals surface area contributed by atoms with Crippen molar-refractivity contribution < 1.29 is 18.4 Å². The lowest BCUT2D eigenvalue weighted by Crippen LogP contribution is -2.22. The molecule has 3 heterocycles. The number of benzene rings is 2. The number of imide groups is 1. The van der Waals surface area contributed by atoms with Gasteiger partial charge in [0.05, 0.1) is 11.1 Å². The Bertz CT molecular complexity index is 1450. The lowest BCUT2D eigenvalue weighted by Gasteiger charge is -2.11. The molecule has 2 aromatic carbocycles. The molecule has 0 saturated carbocycles. The van der Waals surface area contributed by atoms with Gasteiger partial charge in [0.1, 0.15) is 11.6 Å². The average Bonchev–Trinajstić information content (AvgIpc) is 3.38. The Hall–Kier alpha value is -3.78. The standard InChI is InChI=1S/C24H20F2N4O2/c1-29(2)7-8-30-12-18(16-10-14(26)4-6-20(16)30)22-21(23(31)28-24(22)32)17-11-27-19-5-3-13(25)9-15(17)19/h3-6,9-12,27H,7-8H2,1-2H3,(H,28,31,32). The van der Waals surface area contributed by atoms with Crippen molar-refractivity contribution in [3.8, 4) is 0 Å². The van der Waals surface area contributed by atoms with Crippen LogP contribution in [0.2, 0.25) is 0 Å². The molecule has 0 aliphatic carbocycles. The van der Waals surface area contributed by atoms with Gasteiger partial charge in [0.15, 0.2) is 0 Å². The third-order valence-corrected chi connectivity index (χ3v) is 5.74. The van der Waals surface area contributed by atoms with Crippen molar-refractivity contribution >= 4 is 44.8 Å². The van der Waals surface area contributed by atoms with Crippen LogP contribution in [0.4, 0.5) is 8.78 Å². The van der Waals surface area contributed by atoms with E-state index < -0.39 is 23.4 Å². The topological polar surface area (TPSA) is 70.1 Å². The molecule has 1 aliphatic heterocycles. The molecule has 4 aromatic rings. The predicted octanol–water partition coefficient (Wildman–Crippen LogP) is 3.53. The van der Waals surface area contributed by atoms with Crippen LogP contribution in [0, 0.1) is 11.6 Å². The number of H-pyrrole nitrogens is 1. The number of carbonyl (C=O) groups excluding carboxylic acids is 2. The van der Waals surface area contributed by atoms with Crippen LogP contribution < -0.4 is 5.32 Å². The zero-order valence-electron chi connectivity index (χ0n) is 17.5. The number of halogens is 2. The molecule has 0 fully saturated rings. The Kier molecular flexibility index (Phi) is 4.67. The summed E-state index contributed by atoms with van der Waals surface area (Å²) in [6.45, 7) is 1.35. The van der Waals surface area contributed by atoms with Crippen molar-refractivity contribution in [2.24, 2.45) is 0 Å². The Balaban J connectivity index is 1.78. The first-order valence-electron chi connectivity index (χ1n) is 10.1. The summed E-state index contributed by atoms with van der Waals surface area (Å²) in [6.07, 6.45) is 3.36. The predicted molar refractivity (Wildman–Crippen MR) is 119 cm³/mol. The van der Waals surface area contributed by atoms with Gasteiger partial charge in [-0.2, -0.15) is 0 Å². The Morgan fingerprint density at radius 1 is 0.906 bits per heavy atom. The monoisotopic (exact) mass is 434 g/mol. The van der Waals surface area contributed by atoms with Gasteiger partial charge in [-0.3, -0.25) is 14.9 Å². The van der Waals surface area contributed by atoms with Gasteiger partial charge in [-0.15, -0.1) is 0 Å². The van der Waals surface area contributed by atoms with Crippen LogP contribution in [0.5, 0.6) is 0 Å². The van der Waals surface area contributed by atoms with E-state index in [1.54, 1.807) is 24.5 Å². The molecular weight excluding hydrogens is 414 g/mol. The summed E-state index contributed by atoms with van der Waals surface area (Å²) in [4.78, 5) is 30.8. The van der Waals surface area contributed by atoms with Crippen molar-refractivity contribution in [2.45, 2.75) is 6.54 Å². The van der Waals surface area contributed by atoms with Gasteiger partial charge in [0, 0.05) is 58.4 Å². The van der Waals surface area contributed by atoms with E-state index in [1.165, 1.54) is 24.3 Å². The fourth-order valence-corrected chi connectivity index (χ4v) is 4.23. The first kappa shape index (κ1) is 20.1. The number of carbonyl (C=O) groups is 2. The van der Waals surface area contributed by atoms with E-state index >= 15 is 0 Å². The minimum absolute atomic E-state index is 0.141. The molecule has 2 amide bonds. The molecule has 1 aliphatic rings. The molecule has 162 valence electrons. The molecule has 8 heteroatoms. The molecule has 0 spiro atoms. The van der Waals surface area contributed by atoms with E-state index in [4.69, 9.17) is 0 Å². The second-order valence-corrected chi connectivity index (χ2v) is 8.13. The number of fused-ring (bicyclic) bond motifs is 2. The lowest BCUT2D eigenvalue weighted by molar-refractivity contribution is -0.122. The first-order valence-corrected chi connectivity index (χ1v) is 10.1. The van der Waals surface area contributed by atoms with Crippen LogP contribution in [-0.4, -0.2) is 46.9 Å². The molecule has 0 bridgehead atoms. The van der Waals surface area contributed by atoms with Crippen molar-refractivity contribution in [1.29, 1.82) is 0 Å². The SMILES string of the molecule is CN(C)CCn1cc(C2=C(c3c[nH]c4ccc(F)cc34)C(=O)NC2=O)c2cc(F)ccc21. The minimum atomic E-state index is -0.569. The maximum Gasteiger partial charge on any atom is 0.259 e. The van der Waals surface area contributed by atoms with E-state index in [0.717, 1.165) is 12.1 Å². The van der Waals surface area contributed by atoms with Gasteiger partial charge in [-0.25, -0.2) is 8.78 Å². The fourth-order valence-electron chi connectivity index (χ4n) is 4.23. The largest absolute Gasteiger partial charge is 0.361 e. The van der Waals surface area contributed by atoms with E-state index in [2.05, 4.69) is 10.3 Å². The van der Waals surface area contributed by atoms with E-state index in [1.807, 2.05) is 23.6 Å². The molecule has 32 heavy (non-hydrogen) atoms. The van der Waals surface area contributed by atoms with Crippen LogP contribution >= 0.6 is 0 Å². The normalized spacial score (nSPS) is 14.4. The highest BCUT2D eigenvalue weighted by molar-refractivity contribution is 6.50. The average molecular weight is 434 g/mol. The van der Waals surface area contributed by atoms with E-state index in [9.17, 15) is 18.4 Å². The molecule has 0 saturated heterocycles. The molecule has 0 unspecified atom stereocenters. The summed E-state index contributed by atoms with van der Waals surface area (Å²) in [7, 11) is 3.90. The van der Waals surface area contributed by atoms with Gasteiger partial charge in [-0.05, 0) is 50.5 Å². The summed E-state index contributed by atoms with van der Waals surface area (Å²) in [5, 5.41) is 3.38. The van der Waals surface area contributed by atoms with Gasteiger partial charge in [0.2, 0.25) is 0 Å². The molecular formula is C24H20F2N4O2. The highest BCUT2D eigenvalue weighted by Gasteiger charge is 2.35. The van der Waals surface area contributed by atoms with E-state index in [0.29, 0.717) is 34.0 Å². The number of amides is 2. The van der Waals surface area contributed by atoms with Gasteiger partial charge in [0.25, 0.3) is 11.8 Å². The van der Waals surface area contributed by atoms with Crippen LogP contribution in [0.25, 0.3) is 33.0 Å². The lowest BCUT2D eigenvalue weighted by atomic mass is 9.95. The number of hydrogen-bond acceptors (Lipinski definition) is 3. The molecule has 0 radical (unpaired) electrons. The number of rotatable bonds is 5. The number of aromatic nitrogens is 2. The van der Waals surface area contributed by atoms with Gasteiger partial charge in [-0.1, -0.05) is 0 Å². The molecule has 2 aromatic heterocycles. The third kappa shape index (κ3) is 3.20. The van der Waals surface area contributed by atoms with E-state index in [-0.39, 0.29) is 11.1 Å². The highest BCUT2D eigenvalue weighted by atomic mass is 19.1. The van der Waals surface area contributed by atoms with Gasteiger partial charge >= 0.3 is 0 Å². The molecule has 0 atom stereocenters. The number of aromatic amines is 1. The van der Waals surface area contributed by atoms with Gasteiger partial charge < -0.3 is 14.5 Å². The zero-order chi connectivity index (χ0) is 22.6. The Labute approximate surface area is 182 Å². The summed E-state index contributed by atoms with van der Waals surface area (Å²) in [5.74, 6) is -2.02. The quantitative estimate of drug-likeness (QED) is 0.472. The zero-order valence-corrected chi connectivity index (χ0v) is 17.5. The third-order valence-electron chi connectivity index (χ3n) is 5.74. The van der Waals surface area contributed by atoms with Crippen LogP contribution in [-0.2, 0) is 16.1 Å². The number of hydrogen-bond donors (Lipinski definition) is 2. The number of nitrogens with one attached hydrogen (secondary N) is 2. The van der Waals surface area contributed by atoms with Crippen LogP contribution in [0.3, 0.4) is 0 Å². The smallest absolute Gasteiger partial charge is 0.259 e. The number of likely N-dealkylation sites (N-methyl/N-ethyl adjacent to an activating group) is 1. The second kappa shape index (κ2) is 7.42. The molecule has 5 rings (SSSR count). The fraction of sp³-hybridized carbons (Fsp3) is 0.167.